The van der Waals surface area contributed by atoms with Crippen LogP contribution in [0.3, 0.4) is 0 Å². The van der Waals surface area contributed by atoms with Gasteiger partial charge in [-0.2, -0.15) is 0 Å². The molecule has 1 aromatic carbocycles. The molecule has 0 radical (unpaired) electrons. The Morgan fingerprint density at radius 1 is 1.15 bits per heavy atom. The Morgan fingerprint density at radius 2 is 1.75 bits per heavy atom. The van der Waals surface area contributed by atoms with Gasteiger partial charge in [0, 0.05) is 11.7 Å². The summed E-state index contributed by atoms with van der Waals surface area (Å²) in [6.07, 6.45) is 1.10. The van der Waals surface area contributed by atoms with Crippen LogP contribution in [0.1, 0.15) is 32.8 Å². The van der Waals surface area contributed by atoms with Gasteiger partial charge in [0.1, 0.15) is 6.04 Å². The number of nitrogens with two attached hydrogens (primary N) is 1. The Morgan fingerprint density at radius 3 is 2.30 bits per heavy atom. The molecular formula is C15H23N3O2. The molecule has 0 spiro atoms. The average Bonchev–Trinajstić information content (AvgIpc) is 2.41. The second-order valence-electron chi connectivity index (χ2n) is 5.03. The summed E-state index contributed by atoms with van der Waals surface area (Å²) in [6, 6.07) is 6.69. The number of hydrogen-bond donors (Lipinski definition) is 3. The molecule has 0 aliphatic carbocycles. The van der Waals surface area contributed by atoms with Gasteiger partial charge in [-0.05, 0) is 38.0 Å². The second-order valence-corrected chi connectivity index (χ2v) is 5.03. The van der Waals surface area contributed by atoms with Crippen LogP contribution < -0.4 is 16.4 Å². The van der Waals surface area contributed by atoms with Crippen molar-refractivity contribution in [3.8, 4) is 0 Å². The minimum Gasteiger partial charge on any atom is -0.399 e. The van der Waals surface area contributed by atoms with Crippen molar-refractivity contribution >= 4 is 17.5 Å². The van der Waals surface area contributed by atoms with Crippen LogP contribution in [-0.4, -0.2) is 23.9 Å². The SMILES string of the molecule is CCC(C)NC(=O)C(C)NC(=O)Cc1ccc(N)cc1. The Bertz CT molecular complexity index is 457. The summed E-state index contributed by atoms with van der Waals surface area (Å²) in [6.45, 7) is 5.61. The Balaban J connectivity index is 2.45. The summed E-state index contributed by atoms with van der Waals surface area (Å²) in [7, 11) is 0. The van der Waals surface area contributed by atoms with E-state index < -0.39 is 6.04 Å². The van der Waals surface area contributed by atoms with E-state index in [9.17, 15) is 9.59 Å². The molecule has 5 nitrogen and oxygen atoms in total. The van der Waals surface area contributed by atoms with Crippen molar-refractivity contribution in [1.82, 2.24) is 10.6 Å². The maximum absolute atomic E-state index is 11.8. The molecule has 4 N–H and O–H groups in total. The molecule has 0 aliphatic heterocycles. The first-order valence-corrected chi connectivity index (χ1v) is 6.86. The monoisotopic (exact) mass is 277 g/mol. The van der Waals surface area contributed by atoms with Crippen molar-refractivity contribution in [3.05, 3.63) is 29.8 Å². The van der Waals surface area contributed by atoms with Crippen LogP contribution in [-0.2, 0) is 16.0 Å². The largest absolute Gasteiger partial charge is 0.399 e. The summed E-state index contributed by atoms with van der Waals surface area (Å²) < 4.78 is 0. The summed E-state index contributed by atoms with van der Waals surface area (Å²) in [5.41, 5.74) is 7.11. The highest BCUT2D eigenvalue weighted by Crippen LogP contribution is 2.06. The highest BCUT2D eigenvalue weighted by atomic mass is 16.2. The van der Waals surface area contributed by atoms with Gasteiger partial charge in [-0.15, -0.1) is 0 Å². The summed E-state index contributed by atoms with van der Waals surface area (Å²) in [5.74, 6) is -0.341. The number of carbonyl (C=O) groups excluding carboxylic acids is 2. The van der Waals surface area contributed by atoms with Gasteiger partial charge in [0.15, 0.2) is 0 Å². The van der Waals surface area contributed by atoms with Crippen LogP contribution in [0.5, 0.6) is 0 Å². The standard InChI is InChI=1S/C15H23N3O2/c1-4-10(2)17-15(20)11(3)18-14(19)9-12-5-7-13(16)8-6-12/h5-8,10-11H,4,9,16H2,1-3H3,(H,17,20)(H,18,19). The fraction of sp³-hybridized carbons (Fsp3) is 0.467. The fourth-order valence-electron chi connectivity index (χ4n) is 1.65. The Labute approximate surface area is 119 Å². The van der Waals surface area contributed by atoms with Crippen LogP contribution in [0.15, 0.2) is 24.3 Å². The van der Waals surface area contributed by atoms with Gasteiger partial charge in [-0.1, -0.05) is 19.1 Å². The third kappa shape index (κ3) is 5.30. The van der Waals surface area contributed by atoms with Gasteiger partial charge in [0.2, 0.25) is 11.8 Å². The molecule has 0 aliphatic rings. The minimum atomic E-state index is -0.537. The smallest absolute Gasteiger partial charge is 0.242 e. The molecule has 2 atom stereocenters. The number of nitrogens with one attached hydrogen (secondary N) is 2. The zero-order valence-electron chi connectivity index (χ0n) is 12.3. The van der Waals surface area contributed by atoms with Crippen molar-refractivity contribution < 1.29 is 9.59 Å². The van der Waals surface area contributed by atoms with E-state index in [1.807, 2.05) is 13.8 Å². The first-order valence-electron chi connectivity index (χ1n) is 6.86. The topological polar surface area (TPSA) is 84.2 Å². The van der Waals surface area contributed by atoms with Crippen LogP contribution >= 0.6 is 0 Å². The van der Waals surface area contributed by atoms with E-state index in [0.29, 0.717) is 5.69 Å². The zero-order valence-corrected chi connectivity index (χ0v) is 12.3. The molecular weight excluding hydrogens is 254 g/mol. The molecule has 2 amide bonds. The van der Waals surface area contributed by atoms with Gasteiger partial charge in [0.25, 0.3) is 0 Å². The van der Waals surface area contributed by atoms with E-state index in [-0.39, 0.29) is 24.3 Å². The molecule has 5 heteroatoms. The van der Waals surface area contributed by atoms with Gasteiger partial charge in [-0.3, -0.25) is 9.59 Å². The van der Waals surface area contributed by atoms with E-state index in [0.717, 1.165) is 12.0 Å². The number of anilines is 1. The zero-order chi connectivity index (χ0) is 15.1. The van der Waals surface area contributed by atoms with E-state index in [2.05, 4.69) is 10.6 Å². The lowest BCUT2D eigenvalue weighted by Crippen LogP contribution is -2.47. The first-order chi connectivity index (χ1) is 9.42. The maximum Gasteiger partial charge on any atom is 0.242 e. The molecule has 0 saturated carbocycles. The molecule has 0 heterocycles. The molecule has 1 aromatic rings. The normalized spacial score (nSPS) is 13.3. The summed E-state index contributed by atoms with van der Waals surface area (Å²) in [4.78, 5) is 23.6. The number of amides is 2. The minimum absolute atomic E-state index is 0.110. The summed E-state index contributed by atoms with van der Waals surface area (Å²) >= 11 is 0. The summed E-state index contributed by atoms with van der Waals surface area (Å²) in [5, 5.41) is 5.53. The molecule has 2 unspecified atom stereocenters. The van der Waals surface area contributed by atoms with E-state index in [4.69, 9.17) is 5.73 Å². The van der Waals surface area contributed by atoms with E-state index in [1.54, 1.807) is 31.2 Å². The van der Waals surface area contributed by atoms with Crippen molar-refractivity contribution in [3.63, 3.8) is 0 Å². The number of benzene rings is 1. The van der Waals surface area contributed by atoms with Gasteiger partial charge in [0.05, 0.1) is 6.42 Å². The van der Waals surface area contributed by atoms with E-state index >= 15 is 0 Å². The van der Waals surface area contributed by atoms with Crippen molar-refractivity contribution in [2.24, 2.45) is 0 Å². The predicted molar refractivity (Wildman–Crippen MR) is 80.1 cm³/mol. The lowest BCUT2D eigenvalue weighted by Gasteiger charge is -2.17. The third-order valence-electron chi connectivity index (χ3n) is 3.12. The molecule has 0 bridgehead atoms. The Hall–Kier alpha value is -2.04. The molecule has 0 saturated heterocycles. The number of rotatable bonds is 6. The lowest BCUT2D eigenvalue weighted by atomic mass is 10.1. The van der Waals surface area contributed by atoms with Crippen LogP contribution in [0.2, 0.25) is 0 Å². The van der Waals surface area contributed by atoms with Crippen molar-refractivity contribution in [2.75, 3.05) is 5.73 Å². The van der Waals surface area contributed by atoms with Crippen LogP contribution in [0.25, 0.3) is 0 Å². The van der Waals surface area contributed by atoms with Gasteiger partial charge >= 0.3 is 0 Å². The van der Waals surface area contributed by atoms with Crippen molar-refractivity contribution in [1.29, 1.82) is 0 Å². The molecule has 0 aromatic heterocycles. The fourth-order valence-corrected chi connectivity index (χ4v) is 1.65. The number of carbonyl (C=O) groups is 2. The van der Waals surface area contributed by atoms with E-state index in [1.165, 1.54) is 0 Å². The predicted octanol–water partition coefficient (Wildman–Crippen LogP) is 1.23. The van der Waals surface area contributed by atoms with Crippen LogP contribution in [0, 0.1) is 0 Å². The number of nitrogen functional groups attached to an aromatic ring is 1. The quantitative estimate of drug-likeness (QED) is 0.684. The maximum atomic E-state index is 11.8. The Kier molecular flexibility index (Phi) is 6.03. The highest BCUT2D eigenvalue weighted by molar-refractivity contribution is 5.88. The average molecular weight is 277 g/mol. The number of hydrogen-bond acceptors (Lipinski definition) is 3. The second kappa shape index (κ2) is 7.53. The third-order valence-corrected chi connectivity index (χ3v) is 3.12. The molecule has 0 fully saturated rings. The first kappa shape index (κ1) is 16.0. The molecule has 110 valence electrons. The molecule has 20 heavy (non-hydrogen) atoms. The molecule has 1 rings (SSSR count). The van der Waals surface area contributed by atoms with Crippen molar-refractivity contribution in [2.45, 2.75) is 45.7 Å². The van der Waals surface area contributed by atoms with Gasteiger partial charge < -0.3 is 16.4 Å². The van der Waals surface area contributed by atoms with Gasteiger partial charge in [-0.25, -0.2) is 0 Å². The lowest BCUT2D eigenvalue weighted by molar-refractivity contribution is -0.128. The van der Waals surface area contributed by atoms with Crippen LogP contribution in [0.4, 0.5) is 5.69 Å². The highest BCUT2D eigenvalue weighted by Gasteiger charge is 2.16.